The lowest BCUT2D eigenvalue weighted by atomic mass is 9.95. The lowest BCUT2D eigenvalue weighted by molar-refractivity contribution is -0.147. The Labute approximate surface area is 277 Å². The molecule has 17 heteroatoms. The van der Waals surface area contributed by atoms with Gasteiger partial charge >= 0.3 is 13.3 Å². The van der Waals surface area contributed by atoms with Crippen LogP contribution in [-0.2, 0) is 19.8 Å². The Morgan fingerprint density at radius 3 is 2.50 bits per heavy atom. The Bertz CT molecular complexity index is 1870. The molecule has 3 aromatic rings. The highest BCUT2D eigenvalue weighted by atomic mass is 32.1. The van der Waals surface area contributed by atoms with Crippen LogP contribution in [0, 0.1) is 11.8 Å². The highest BCUT2D eigenvalue weighted by Gasteiger charge is 2.54. The second-order valence-electron chi connectivity index (χ2n) is 12.8. The molecule has 7 rings (SSSR count). The van der Waals surface area contributed by atoms with Gasteiger partial charge in [0.25, 0.3) is 11.8 Å². The molecule has 3 aliphatic heterocycles. The van der Waals surface area contributed by atoms with Gasteiger partial charge in [0.1, 0.15) is 12.1 Å². The quantitative estimate of drug-likeness (QED) is 0.224. The maximum Gasteiger partial charge on any atom is 0.399 e. The minimum Gasteiger partial charge on any atom is -0.340 e. The van der Waals surface area contributed by atoms with E-state index in [1.807, 2.05) is 0 Å². The first-order chi connectivity index (χ1) is 22.7. The van der Waals surface area contributed by atoms with E-state index < -0.39 is 36.8 Å². The first-order valence-electron chi connectivity index (χ1n) is 15.6. The molecule has 1 aliphatic carbocycles. The summed E-state index contributed by atoms with van der Waals surface area (Å²) in [5.41, 5.74) is -3.90. The summed E-state index contributed by atoms with van der Waals surface area (Å²) in [7, 11) is -5.78. The number of benzene rings is 1. The van der Waals surface area contributed by atoms with Crippen LogP contribution in [0.15, 0.2) is 48.8 Å². The summed E-state index contributed by atoms with van der Waals surface area (Å²) in [5, 5.41) is 9.49. The number of rotatable bonds is 6. The van der Waals surface area contributed by atoms with Gasteiger partial charge in [0.05, 0.1) is 22.7 Å². The summed E-state index contributed by atoms with van der Waals surface area (Å²) >= 11 is 1.00. The summed E-state index contributed by atoms with van der Waals surface area (Å²) in [4.78, 5) is 77.7. The highest BCUT2D eigenvalue weighted by molar-refractivity contribution is 7.52. The molecule has 0 radical (unpaired) electrons. The molecular formula is C31H33F2N6O7PS. The number of nitrogens with zero attached hydrogens (tertiary/aromatic N) is 4. The summed E-state index contributed by atoms with van der Waals surface area (Å²) < 4.78 is 40.5. The van der Waals surface area contributed by atoms with Crippen molar-refractivity contribution in [3.8, 4) is 0 Å². The van der Waals surface area contributed by atoms with Crippen molar-refractivity contribution >= 4 is 52.6 Å². The fourth-order valence-corrected chi connectivity index (χ4v) is 8.69. The van der Waals surface area contributed by atoms with Crippen LogP contribution in [0.2, 0.25) is 0 Å². The molecule has 2 aromatic heterocycles. The third-order valence-corrected chi connectivity index (χ3v) is 12.1. The molecule has 0 bridgehead atoms. The number of H-pyrrole nitrogens is 1. The number of halogens is 2. The molecule has 5 heterocycles. The zero-order valence-corrected chi connectivity index (χ0v) is 27.3. The molecule has 0 unspecified atom stereocenters. The van der Waals surface area contributed by atoms with Crippen molar-refractivity contribution in [2.45, 2.75) is 49.5 Å². The molecule has 48 heavy (non-hydrogen) atoms. The van der Waals surface area contributed by atoms with Crippen molar-refractivity contribution in [3.05, 3.63) is 64.8 Å². The van der Waals surface area contributed by atoms with Gasteiger partial charge in [0.2, 0.25) is 11.8 Å². The largest absolute Gasteiger partial charge is 0.399 e. The van der Waals surface area contributed by atoms with Gasteiger partial charge in [-0.15, -0.1) is 11.3 Å². The number of piperazine rings is 1. The predicted octanol–water partition coefficient (Wildman–Crippen LogP) is 2.89. The van der Waals surface area contributed by atoms with Gasteiger partial charge in [-0.2, -0.15) is 13.9 Å². The molecule has 4 aliphatic rings. The van der Waals surface area contributed by atoms with Crippen LogP contribution in [0.3, 0.4) is 0 Å². The number of aromatic amines is 1. The maximum absolute atomic E-state index is 14.3. The number of alkyl halides is 2. The Morgan fingerprint density at radius 1 is 1.08 bits per heavy atom. The van der Waals surface area contributed by atoms with E-state index in [2.05, 4.69) is 22.1 Å². The van der Waals surface area contributed by atoms with E-state index in [1.165, 1.54) is 24.5 Å². The molecule has 254 valence electrons. The third-order valence-electron chi connectivity index (χ3n) is 9.97. The Morgan fingerprint density at radius 2 is 1.81 bits per heavy atom. The van der Waals surface area contributed by atoms with E-state index in [-0.39, 0.29) is 45.9 Å². The van der Waals surface area contributed by atoms with Crippen LogP contribution in [0.25, 0.3) is 10.1 Å². The molecule has 3 saturated heterocycles. The highest BCUT2D eigenvalue weighted by Crippen LogP contribution is 2.59. The lowest BCUT2D eigenvalue weighted by Crippen LogP contribution is -2.59. The smallest absolute Gasteiger partial charge is 0.340 e. The van der Waals surface area contributed by atoms with Gasteiger partial charge in [-0.3, -0.25) is 28.8 Å². The van der Waals surface area contributed by atoms with Crippen LogP contribution < -0.4 is 5.32 Å². The SMILES string of the molecule is C=C1[C@H]2C[C@H]2C[C@H](NC(=O)c2cc3cc(C(F)(F)P(=O)(O)O)ccc3s2)C(=O)N2[C@@H]1CC[C@H]2C(=O)N1CCN(C(=O)c2cn[nH]c2)CC1. The number of thiophene rings is 1. The number of carbonyl (C=O) groups excluding carboxylic acids is 4. The Kier molecular flexibility index (Phi) is 8.05. The molecule has 0 spiro atoms. The fraction of sp³-hybridized carbons (Fsp3) is 0.452. The molecule has 5 atom stereocenters. The van der Waals surface area contributed by atoms with Crippen molar-refractivity contribution in [1.82, 2.24) is 30.2 Å². The Hall–Kier alpha value is -3.98. The second kappa shape index (κ2) is 11.9. The van der Waals surface area contributed by atoms with Gasteiger partial charge in [-0.05, 0) is 61.1 Å². The molecule has 1 aromatic carbocycles. The lowest BCUT2D eigenvalue weighted by Gasteiger charge is -2.40. The van der Waals surface area contributed by atoms with E-state index in [4.69, 9.17) is 9.79 Å². The maximum atomic E-state index is 14.3. The number of fused-ring (bicyclic) bond motifs is 3. The zero-order valence-electron chi connectivity index (χ0n) is 25.6. The standard InChI is InChI=1S/C31H33F2N6O7PS/c1-16-21-11-17(21)12-22(36-27(40)26-13-18-10-20(2-5-25(18)48-26)31(32,33)47(44,45)46)29(42)39-23(16)3-4-24(39)30(43)38-8-6-37(7-9-38)28(41)19-14-34-35-15-19/h2,5,10,13-15,17,21-24H,1,3-4,6-9,11-12H2,(H,34,35)(H,36,40)(H2,44,45,46)/t17-,21+,22-,23+,24-/m0/s1. The van der Waals surface area contributed by atoms with Crippen LogP contribution in [0.5, 0.6) is 0 Å². The summed E-state index contributed by atoms with van der Waals surface area (Å²) in [5.74, 6) is -1.03. The van der Waals surface area contributed by atoms with Gasteiger partial charge in [0, 0.05) is 42.6 Å². The van der Waals surface area contributed by atoms with Gasteiger partial charge < -0.3 is 29.8 Å². The van der Waals surface area contributed by atoms with Crippen molar-refractivity contribution in [3.63, 3.8) is 0 Å². The summed E-state index contributed by atoms with van der Waals surface area (Å²) in [6.07, 6.45) is 5.17. The topological polar surface area (TPSA) is 176 Å². The van der Waals surface area contributed by atoms with E-state index in [0.717, 1.165) is 35.5 Å². The predicted molar refractivity (Wildman–Crippen MR) is 169 cm³/mol. The summed E-state index contributed by atoms with van der Waals surface area (Å²) in [6, 6.07) is 2.47. The van der Waals surface area contributed by atoms with Gasteiger partial charge in [-0.25, -0.2) is 0 Å². The van der Waals surface area contributed by atoms with E-state index in [1.54, 1.807) is 14.7 Å². The molecule has 4 amide bonds. The van der Waals surface area contributed by atoms with Crippen LogP contribution in [0.4, 0.5) is 8.78 Å². The van der Waals surface area contributed by atoms with E-state index >= 15 is 0 Å². The van der Waals surface area contributed by atoms with E-state index in [0.29, 0.717) is 55.7 Å². The normalized spacial score (nSPS) is 26.2. The number of nitrogens with one attached hydrogen (secondary N) is 2. The molecule has 4 N–H and O–H groups in total. The van der Waals surface area contributed by atoms with Crippen LogP contribution in [-0.4, -0.2) is 103 Å². The minimum atomic E-state index is -5.78. The monoisotopic (exact) mass is 702 g/mol. The fourth-order valence-electron chi connectivity index (χ4n) is 7.27. The minimum absolute atomic E-state index is 0.140. The number of amides is 4. The molecule has 13 nitrogen and oxygen atoms in total. The summed E-state index contributed by atoms with van der Waals surface area (Å²) in [6.45, 7) is 5.61. The van der Waals surface area contributed by atoms with Gasteiger partial charge in [0.15, 0.2) is 0 Å². The number of hydrogen-bond donors (Lipinski definition) is 4. The van der Waals surface area contributed by atoms with Crippen LogP contribution in [0.1, 0.15) is 51.3 Å². The second-order valence-corrected chi connectivity index (χ2v) is 15.6. The van der Waals surface area contributed by atoms with Gasteiger partial charge in [-0.1, -0.05) is 18.2 Å². The zero-order chi connectivity index (χ0) is 34.1. The first kappa shape index (κ1) is 32.6. The van der Waals surface area contributed by atoms with E-state index in [9.17, 15) is 32.5 Å². The molecule has 1 saturated carbocycles. The van der Waals surface area contributed by atoms with Crippen molar-refractivity contribution in [2.24, 2.45) is 11.8 Å². The number of carbonyl (C=O) groups is 4. The third kappa shape index (κ3) is 5.63. The van der Waals surface area contributed by atoms with Crippen molar-refractivity contribution < 1.29 is 42.3 Å². The number of aromatic nitrogens is 2. The average molecular weight is 703 g/mol. The number of hydrogen-bond acceptors (Lipinski definition) is 7. The molecular weight excluding hydrogens is 669 g/mol. The first-order valence-corrected chi connectivity index (χ1v) is 18.0. The molecule has 4 fully saturated rings. The average Bonchev–Trinajstić information content (AvgIpc) is 3.45. The van der Waals surface area contributed by atoms with Crippen LogP contribution >= 0.6 is 18.9 Å². The Balaban J connectivity index is 1.08. The van der Waals surface area contributed by atoms with Crippen molar-refractivity contribution in [2.75, 3.05) is 26.2 Å². The van der Waals surface area contributed by atoms with Crippen molar-refractivity contribution in [1.29, 1.82) is 0 Å².